The molecule has 1 rings (SSSR count). The van der Waals surface area contributed by atoms with Gasteiger partial charge in [0, 0.05) is 11.6 Å². The first-order valence-electron chi connectivity index (χ1n) is 5.77. The zero-order valence-electron chi connectivity index (χ0n) is 10.3. The molecule has 0 bridgehead atoms. The fraction of sp³-hybridized carbons (Fsp3) is 0.462. The van der Waals surface area contributed by atoms with Gasteiger partial charge in [-0.2, -0.15) is 0 Å². The zero-order valence-corrected chi connectivity index (χ0v) is 11.1. The number of rotatable bonds is 6. The highest BCUT2D eigenvalue weighted by Crippen LogP contribution is 2.10. The van der Waals surface area contributed by atoms with Crippen LogP contribution in [-0.4, -0.2) is 26.0 Å². The van der Waals surface area contributed by atoms with E-state index in [1.165, 1.54) is 0 Å². The van der Waals surface area contributed by atoms with E-state index in [1.807, 2.05) is 25.2 Å². The molecule has 0 aliphatic carbocycles. The minimum atomic E-state index is 0.0372. The highest BCUT2D eigenvalue weighted by atomic mass is 35.5. The molecule has 1 aromatic rings. The van der Waals surface area contributed by atoms with Crippen LogP contribution in [0.3, 0.4) is 0 Å². The summed E-state index contributed by atoms with van der Waals surface area (Å²) in [6.07, 6.45) is 0.382. The maximum absolute atomic E-state index is 11.7. The third kappa shape index (κ3) is 5.71. The van der Waals surface area contributed by atoms with Gasteiger partial charge in [-0.1, -0.05) is 30.7 Å². The SMILES string of the molecule is CNC[C@H](C)CNC(=O)Cc1cccc(Cl)c1. The molecule has 1 atom stereocenters. The average molecular weight is 255 g/mol. The molecule has 4 heteroatoms. The summed E-state index contributed by atoms with van der Waals surface area (Å²) in [5.41, 5.74) is 0.941. The van der Waals surface area contributed by atoms with Gasteiger partial charge >= 0.3 is 0 Å². The minimum Gasteiger partial charge on any atom is -0.355 e. The zero-order chi connectivity index (χ0) is 12.7. The maximum Gasteiger partial charge on any atom is 0.224 e. The first kappa shape index (κ1) is 14.0. The summed E-state index contributed by atoms with van der Waals surface area (Å²) in [6.45, 7) is 3.69. The van der Waals surface area contributed by atoms with Gasteiger partial charge < -0.3 is 10.6 Å². The predicted octanol–water partition coefficient (Wildman–Crippen LogP) is 1.85. The fourth-order valence-electron chi connectivity index (χ4n) is 1.60. The third-order valence-corrected chi connectivity index (χ3v) is 2.69. The topological polar surface area (TPSA) is 41.1 Å². The van der Waals surface area contributed by atoms with Gasteiger partial charge in [0.05, 0.1) is 6.42 Å². The second-order valence-electron chi connectivity index (χ2n) is 4.27. The van der Waals surface area contributed by atoms with Crippen molar-refractivity contribution >= 4 is 17.5 Å². The number of halogens is 1. The quantitative estimate of drug-likeness (QED) is 0.814. The molecule has 17 heavy (non-hydrogen) atoms. The third-order valence-electron chi connectivity index (χ3n) is 2.45. The highest BCUT2D eigenvalue weighted by Gasteiger charge is 2.06. The van der Waals surface area contributed by atoms with E-state index >= 15 is 0 Å². The highest BCUT2D eigenvalue weighted by molar-refractivity contribution is 6.30. The van der Waals surface area contributed by atoms with Crippen molar-refractivity contribution in [3.63, 3.8) is 0 Å². The van der Waals surface area contributed by atoms with Gasteiger partial charge in [0.25, 0.3) is 0 Å². The standard InChI is InChI=1S/C13H19ClN2O/c1-10(8-15-2)9-16-13(17)7-11-4-3-5-12(14)6-11/h3-6,10,15H,7-9H2,1-2H3,(H,16,17)/t10-/m0/s1. The number of benzene rings is 1. The van der Waals surface area contributed by atoms with Crippen molar-refractivity contribution in [2.24, 2.45) is 5.92 Å². The van der Waals surface area contributed by atoms with E-state index in [0.717, 1.165) is 12.1 Å². The number of carbonyl (C=O) groups excluding carboxylic acids is 1. The van der Waals surface area contributed by atoms with E-state index in [1.54, 1.807) is 6.07 Å². The summed E-state index contributed by atoms with van der Waals surface area (Å²) in [4.78, 5) is 11.7. The lowest BCUT2D eigenvalue weighted by Crippen LogP contribution is -2.33. The molecule has 0 spiro atoms. The molecule has 0 aromatic heterocycles. The minimum absolute atomic E-state index is 0.0372. The Morgan fingerprint density at radius 2 is 2.18 bits per heavy atom. The lowest BCUT2D eigenvalue weighted by atomic mass is 10.1. The van der Waals surface area contributed by atoms with Crippen LogP contribution in [0.25, 0.3) is 0 Å². The van der Waals surface area contributed by atoms with Crippen LogP contribution in [0.2, 0.25) is 5.02 Å². The van der Waals surface area contributed by atoms with Crippen molar-refractivity contribution in [2.75, 3.05) is 20.1 Å². The maximum atomic E-state index is 11.7. The van der Waals surface area contributed by atoms with Crippen LogP contribution in [0.5, 0.6) is 0 Å². The number of hydrogen-bond donors (Lipinski definition) is 2. The molecule has 0 aliphatic rings. The predicted molar refractivity (Wildman–Crippen MR) is 71.3 cm³/mol. The van der Waals surface area contributed by atoms with E-state index in [2.05, 4.69) is 17.6 Å². The molecule has 1 aromatic carbocycles. The Morgan fingerprint density at radius 3 is 2.82 bits per heavy atom. The smallest absolute Gasteiger partial charge is 0.224 e. The number of carbonyl (C=O) groups is 1. The van der Waals surface area contributed by atoms with Gasteiger partial charge in [0.1, 0.15) is 0 Å². The van der Waals surface area contributed by atoms with Gasteiger partial charge in [0.15, 0.2) is 0 Å². The average Bonchev–Trinajstić information content (AvgIpc) is 2.27. The second kappa shape index (κ2) is 7.30. The molecular formula is C13H19ClN2O. The van der Waals surface area contributed by atoms with Crippen molar-refractivity contribution < 1.29 is 4.79 Å². The fourth-order valence-corrected chi connectivity index (χ4v) is 1.82. The molecule has 0 radical (unpaired) electrons. The molecule has 0 heterocycles. The summed E-state index contributed by atoms with van der Waals surface area (Å²) in [5.74, 6) is 0.471. The normalized spacial score (nSPS) is 12.2. The largest absolute Gasteiger partial charge is 0.355 e. The van der Waals surface area contributed by atoms with Crippen LogP contribution in [0, 0.1) is 5.92 Å². The lowest BCUT2D eigenvalue weighted by molar-refractivity contribution is -0.120. The second-order valence-corrected chi connectivity index (χ2v) is 4.71. The summed E-state index contributed by atoms with van der Waals surface area (Å²) in [5, 5.41) is 6.66. The summed E-state index contributed by atoms with van der Waals surface area (Å²) in [7, 11) is 1.91. The van der Waals surface area contributed by atoms with Crippen LogP contribution in [0.1, 0.15) is 12.5 Å². The van der Waals surface area contributed by atoms with Crippen LogP contribution in [-0.2, 0) is 11.2 Å². The number of amides is 1. The van der Waals surface area contributed by atoms with Gasteiger partial charge in [-0.05, 0) is 37.2 Å². The number of hydrogen-bond acceptors (Lipinski definition) is 2. The Balaban J connectivity index is 2.34. The van der Waals surface area contributed by atoms with Gasteiger partial charge in [0.2, 0.25) is 5.91 Å². The lowest BCUT2D eigenvalue weighted by Gasteiger charge is -2.11. The van der Waals surface area contributed by atoms with Crippen LogP contribution < -0.4 is 10.6 Å². The van der Waals surface area contributed by atoms with E-state index in [9.17, 15) is 4.79 Å². The van der Waals surface area contributed by atoms with Crippen LogP contribution in [0.15, 0.2) is 24.3 Å². The van der Waals surface area contributed by atoms with Crippen molar-refractivity contribution in [3.05, 3.63) is 34.9 Å². The summed E-state index contributed by atoms with van der Waals surface area (Å²) >= 11 is 5.86. The molecular weight excluding hydrogens is 236 g/mol. The molecule has 1 amide bonds. The Morgan fingerprint density at radius 1 is 1.41 bits per heavy atom. The van der Waals surface area contributed by atoms with E-state index < -0.39 is 0 Å². The summed E-state index contributed by atoms with van der Waals surface area (Å²) < 4.78 is 0. The Hall–Kier alpha value is -1.06. The molecule has 0 unspecified atom stereocenters. The van der Waals surface area contributed by atoms with E-state index in [4.69, 9.17) is 11.6 Å². The molecule has 0 aliphatic heterocycles. The van der Waals surface area contributed by atoms with E-state index in [0.29, 0.717) is 23.9 Å². The first-order chi connectivity index (χ1) is 8.11. The van der Waals surface area contributed by atoms with Crippen LogP contribution in [0.4, 0.5) is 0 Å². The van der Waals surface area contributed by atoms with Crippen LogP contribution >= 0.6 is 11.6 Å². The van der Waals surface area contributed by atoms with Gasteiger partial charge in [-0.3, -0.25) is 4.79 Å². The molecule has 2 N–H and O–H groups in total. The van der Waals surface area contributed by atoms with Crippen molar-refractivity contribution in [1.29, 1.82) is 0 Å². The van der Waals surface area contributed by atoms with Gasteiger partial charge in [-0.25, -0.2) is 0 Å². The van der Waals surface area contributed by atoms with E-state index in [-0.39, 0.29) is 5.91 Å². The molecule has 0 fully saturated rings. The van der Waals surface area contributed by atoms with Crippen molar-refractivity contribution in [3.8, 4) is 0 Å². The molecule has 0 saturated carbocycles. The molecule has 3 nitrogen and oxygen atoms in total. The first-order valence-corrected chi connectivity index (χ1v) is 6.15. The monoisotopic (exact) mass is 254 g/mol. The Labute approximate surface area is 108 Å². The molecule has 0 saturated heterocycles. The molecule has 94 valence electrons. The van der Waals surface area contributed by atoms with Crippen molar-refractivity contribution in [1.82, 2.24) is 10.6 Å². The number of nitrogens with one attached hydrogen (secondary N) is 2. The Kier molecular flexibility index (Phi) is 6.01. The Bertz CT molecular complexity index is 368. The summed E-state index contributed by atoms with van der Waals surface area (Å²) in [6, 6.07) is 7.38. The van der Waals surface area contributed by atoms with Crippen molar-refractivity contribution in [2.45, 2.75) is 13.3 Å². The van der Waals surface area contributed by atoms with Gasteiger partial charge in [-0.15, -0.1) is 0 Å².